The molecule has 3 nitrogen and oxygen atoms in total. The molecular formula is C5H10CuO3. The maximum atomic E-state index is 9.44. The molecular weight excluding hydrogens is 172 g/mol. The van der Waals surface area contributed by atoms with Crippen LogP contribution in [0.1, 0.15) is 20.8 Å². The molecule has 0 atom stereocenters. The van der Waals surface area contributed by atoms with Crippen molar-refractivity contribution in [1.82, 2.24) is 0 Å². The van der Waals surface area contributed by atoms with Crippen molar-refractivity contribution in [2.45, 2.75) is 20.8 Å². The van der Waals surface area contributed by atoms with Crippen molar-refractivity contribution in [3.05, 3.63) is 0 Å². The van der Waals surface area contributed by atoms with E-state index in [0.717, 1.165) is 6.92 Å². The van der Waals surface area contributed by atoms with Crippen molar-refractivity contribution in [3.63, 3.8) is 0 Å². The molecule has 0 aliphatic rings. The summed E-state index contributed by atoms with van der Waals surface area (Å²) in [5, 5.41) is 7.42. The number of aliphatic carboxylic acids is 1. The first-order valence-electron chi connectivity index (χ1n) is 2.13. The van der Waals surface area contributed by atoms with E-state index in [-0.39, 0.29) is 22.9 Å². The number of carboxylic acids is 1. The third-order valence-corrected chi connectivity index (χ3v) is 0. The molecule has 0 aromatic rings. The van der Waals surface area contributed by atoms with Gasteiger partial charge in [-0.1, -0.05) is 0 Å². The maximum absolute atomic E-state index is 9.44. The standard InChI is InChI=1S/C3H6O.C2H4O2.Cu/c1-3(2)4;1-2(3)4;/h1-2H3;1H3,(H,3,4);. The molecule has 0 aromatic heterocycles. The molecule has 0 amide bonds. The van der Waals surface area contributed by atoms with Gasteiger partial charge in [-0.05, 0) is 13.8 Å². The Hall–Kier alpha value is -0.341. The van der Waals surface area contributed by atoms with E-state index in [9.17, 15) is 4.79 Å². The van der Waals surface area contributed by atoms with Crippen molar-refractivity contribution < 1.29 is 31.8 Å². The maximum Gasteiger partial charge on any atom is 0.300 e. The fourth-order valence-electron chi connectivity index (χ4n) is 0. The topological polar surface area (TPSA) is 54.4 Å². The Labute approximate surface area is 64.9 Å². The molecule has 0 aliphatic heterocycles. The Morgan fingerprint density at radius 3 is 1.11 bits per heavy atom. The van der Waals surface area contributed by atoms with Crippen LogP contribution in [-0.4, -0.2) is 16.9 Å². The molecule has 0 heterocycles. The first-order chi connectivity index (χ1) is 3.46. The van der Waals surface area contributed by atoms with Crippen LogP contribution in [0.15, 0.2) is 0 Å². The molecule has 0 bridgehead atoms. The van der Waals surface area contributed by atoms with Gasteiger partial charge in [0.25, 0.3) is 5.97 Å². The second-order valence-electron chi connectivity index (χ2n) is 1.43. The van der Waals surface area contributed by atoms with Gasteiger partial charge < -0.3 is 9.90 Å². The predicted molar refractivity (Wildman–Crippen MR) is 29.7 cm³/mol. The Balaban J connectivity index is -0.0000000720. The molecule has 9 heavy (non-hydrogen) atoms. The summed E-state index contributed by atoms with van der Waals surface area (Å²) in [4.78, 5) is 18.4. The molecule has 4 heteroatoms. The predicted octanol–water partition coefficient (Wildman–Crippen LogP) is 0.684. The van der Waals surface area contributed by atoms with Crippen LogP contribution >= 0.6 is 0 Å². The molecule has 1 N–H and O–H groups in total. The first kappa shape index (κ1) is 15.9. The van der Waals surface area contributed by atoms with E-state index < -0.39 is 5.97 Å². The number of carboxylic acid groups (broad SMARTS) is 1. The number of carbonyl (C=O) groups excluding carboxylic acids is 1. The Bertz CT molecular complexity index is 70.2. The van der Waals surface area contributed by atoms with Gasteiger partial charge in [0.2, 0.25) is 0 Å². The van der Waals surface area contributed by atoms with Gasteiger partial charge in [-0.3, -0.25) is 4.79 Å². The largest absolute Gasteiger partial charge is 0.481 e. The summed E-state index contributed by atoms with van der Waals surface area (Å²) in [7, 11) is 0. The van der Waals surface area contributed by atoms with Crippen LogP contribution in [0.4, 0.5) is 0 Å². The van der Waals surface area contributed by atoms with E-state index >= 15 is 0 Å². The molecule has 0 aromatic carbocycles. The number of hydrogen-bond donors (Lipinski definition) is 1. The van der Waals surface area contributed by atoms with Gasteiger partial charge in [0.15, 0.2) is 0 Å². The first-order valence-corrected chi connectivity index (χ1v) is 2.13. The Morgan fingerprint density at radius 2 is 1.11 bits per heavy atom. The summed E-state index contributed by atoms with van der Waals surface area (Å²) < 4.78 is 0. The zero-order valence-electron chi connectivity index (χ0n) is 5.57. The van der Waals surface area contributed by atoms with Crippen LogP contribution in [0, 0.1) is 0 Å². The zero-order chi connectivity index (χ0) is 7.15. The monoisotopic (exact) mass is 181 g/mol. The summed E-state index contributed by atoms with van der Waals surface area (Å²) in [5.74, 6) is -0.667. The van der Waals surface area contributed by atoms with Crippen molar-refractivity contribution in [2.75, 3.05) is 0 Å². The fraction of sp³-hybridized carbons (Fsp3) is 0.600. The van der Waals surface area contributed by atoms with Gasteiger partial charge in [-0.15, -0.1) is 0 Å². The van der Waals surface area contributed by atoms with Gasteiger partial charge in [0.05, 0.1) is 0 Å². The van der Waals surface area contributed by atoms with Crippen molar-refractivity contribution >= 4 is 11.8 Å². The van der Waals surface area contributed by atoms with Crippen LogP contribution < -0.4 is 0 Å². The molecule has 1 radical (unpaired) electrons. The summed E-state index contributed by atoms with van der Waals surface area (Å²) in [6.45, 7) is 4.14. The van der Waals surface area contributed by atoms with Gasteiger partial charge in [-0.2, -0.15) is 0 Å². The van der Waals surface area contributed by atoms with Crippen LogP contribution in [0.3, 0.4) is 0 Å². The van der Waals surface area contributed by atoms with Crippen molar-refractivity contribution in [2.24, 2.45) is 0 Å². The molecule has 0 unspecified atom stereocenters. The molecule has 0 aliphatic carbocycles. The summed E-state index contributed by atoms with van der Waals surface area (Å²) in [6, 6.07) is 0. The summed E-state index contributed by atoms with van der Waals surface area (Å²) in [5.41, 5.74) is 0. The second-order valence-corrected chi connectivity index (χ2v) is 1.43. The average Bonchev–Trinajstić information content (AvgIpc) is 1.25. The SMILES string of the molecule is CC(=O)O.CC(C)=O.[Cu]. The second kappa shape index (κ2) is 10.6. The molecule has 0 saturated heterocycles. The van der Waals surface area contributed by atoms with Crippen LogP contribution in [0.2, 0.25) is 0 Å². The average molecular weight is 182 g/mol. The van der Waals surface area contributed by atoms with Crippen LogP contribution in [0.25, 0.3) is 0 Å². The minimum Gasteiger partial charge on any atom is -0.481 e. The van der Waals surface area contributed by atoms with E-state index in [1.165, 1.54) is 13.8 Å². The van der Waals surface area contributed by atoms with E-state index in [2.05, 4.69) is 0 Å². The summed E-state index contributed by atoms with van der Waals surface area (Å²) in [6.07, 6.45) is 0. The number of rotatable bonds is 0. The third-order valence-electron chi connectivity index (χ3n) is 0. The Morgan fingerprint density at radius 1 is 1.11 bits per heavy atom. The summed E-state index contributed by atoms with van der Waals surface area (Å²) >= 11 is 0. The fourth-order valence-corrected chi connectivity index (χ4v) is 0. The van der Waals surface area contributed by atoms with E-state index in [1.54, 1.807) is 0 Å². The van der Waals surface area contributed by atoms with Gasteiger partial charge in [0.1, 0.15) is 5.78 Å². The normalized spacial score (nSPS) is 5.67. The van der Waals surface area contributed by atoms with E-state index in [0.29, 0.717) is 0 Å². The van der Waals surface area contributed by atoms with E-state index in [4.69, 9.17) is 9.90 Å². The van der Waals surface area contributed by atoms with Crippen molar-refractivity contribution in [3.8, 4) is 0 Å². The Kier molecular flexibility index (Phi) is 18.7. The molecule has 0 spiro atoms. The van der Waals surface area contributed by atoms with Crippen molar-refractivity contribution in [1.29, 1.82) is 0 Å². The number of ketones is 1. The number of hydrogen-bond acceptors (Lipinski definition) is 2. The minimum absolute atomic E-state index is 0. The smallest absolute Gasteiger partial charge is 0.300 e. The van der Waals surface area contributed by atoms with E-state index in [1.807, 2.05) is 0 Å². The zero-order valence-corrected chi connectivity index (χ0v) is 6.51. The molecule has 0 rings (SSSR count). The van der Waals surface area contributed by atoms with Gasteiger partial charge >= 0.3 is 0 Å². The van der Waals surface area contributed by atoms with Crippen LogP contribution in [-0.2, 0) is 26.7 Å². The van der Waals surface area contributed by atoms with Gasteiger partial charge in [0, 0.05) is 24.0 Å². The molecule has 59 valence electrons. The minimum atomic E-state index is -0.833. The number of carbonyl (C=O) groups is 2. The number of Topliss-reactive ketones (excluding diaryl/α,β-unsaturated/α-hetero) is 1. The quantitative estimate of drug-likeness (QED) is 0.560. The third kappa shape index (κ3) is 2120. The molecule has 0 fully saturated rings. The van der Waals surface area contributed by atoms with Crippen LogP contribution in [0.5, 0.6) is 0 Å². The van der Waals surface area contributed by atoms with Gasteiger partial charge in [-0.25, -0.2) is 0 Å². The molecule has 0 saturated carbocycles.